The average Bonchev–Trinajstić information content (AvgIpc) is 2.56. The summed E-state index contributed by atoms with van der Waals surface area (Å²) in [6, 6.07) is 14.5. The first-order chi connectivity index (χ1) is 10.4. The second-order valence-electron chi connectivity index (χ2n) is 5.23. The highest BCUT2D eigenvalue weighted by molar-refractivity contribution is 5.90. The Labute approximate surface area is 123 Å². The van der Waals surface area contributed by atoms with Crippen LogP contribution < -0.4 is 10.6 Å². The van der Waals surface area contributed by atoms with Gasteiger partial charge >= 0.3 is 0 Å². The maximum Gasteiger partial charge on any atom is 0.141 e. The molecule has 4 heteroatoms. The maximum absolute atomic E-state index is 4.41. The van der Waals surface area contributed by atoms with E-state index in [1.807, 2.05) is 18.2 Å². The highest BCUT2D eigenvalue weighted by Crippen LogP contribution is 2.28. The lowest BCUT2D eigenvalue weighted by Crippen LogP contribution is -2.24. The van der Waals surface area contributed by atoms with Crippen molar-refractivity contribution in [3.05, 3.63) is 59.9 Å². The molecule has 0 spiro atoms. The Balaban J connectivity index is 1.79. The van der Waals surface area contributed by atoms with Gasteiger partial charge in [-0.1, -0.05) is 24.3 Å². The van der Waals surface area contributed by atoms with Gasteiger partial charge in [-0.15, -0.1) is 0 Å². The third-order valence-electron chi connectivity index (χ3n) is 3.94. The minimum atomic E-state index is 0.868. The number of benzene rings is 2. The topological polar surface area (TPSA) is 49.8 Å². The largest absolute Gasteiger partial charge is 0.339 e. The van der Waals surface area contributed by atoms with Crippen LogP contribution in [0.15, 0.2) is 48.8 Å². The summed E-state index contributed by atoms with van der Waals surface area (Å²) in [6.07, 6.45) is 2.66. The predicted octanol–water partition coefficient (Wildman–Crippen LogP) is 3.02. The van der Waals surface area contributed by atoms with Crippen molar-refractivity contribution in [2.24, 2.45) is 0 Å². The smallest absolute Gasteiger partial charge is 0.141 e. The van der Waals surface area contributed by atoms with Crippen LogP contribution in [-0.2, 0) is 13.0 Å². The molecule has 0 saturated heterocycles. The monoisotopic (exact) mass is 276 g/mol. The molecule has 0 saturated carbocycles. The molecule has 2 aromatic carbocycles. The molecule has 104 valence electrons. The van der Waals surface area contributed by atoms with Crippen LogP contribution in [-0.4, -0.2) is 16.5 Å². The van der Waals surface area contributed by atoms with Gasteiger partial charge in [0, 0.05) is 17.6 Å². The summed E-state index contributed by atoms with van der Waals surface area (Å²) in [4.78, 5) is 8.72. The molecule has 0 amide bonds. The van der Waals surface area contributed by atoms with Gasteiger partial charge in [-0.2, -0.15) is 0 Å². The highest BCUT2D eigenvalue weighted by atomic mass is 15.0. The molecular formula is C17H16N4. The second kappa shape index (κ2) is 5.14. The molecule has 3 aromatic rings. The van der Waals surface area contributed by atoms with Crippen molar-refractivity contribution in [3.8, 4) is 0 Å². The normalized spacial score (nSPS) is 13.9. The van der Waals surface area contributed by atoms with Crippen LogP contribution in [0.1, 0.15) is 11.1 Å². The van der Waals surface area contributed by atoms with Crippen molar-refractivity contribution in [2.75, 3.05) is 11.9 Å². The predicted molar refractivity (Wildman–Crippen MR) is 84.7 cm³/mol. The molecule has 1 aliphatic heterocycles. The molecule has 21 heavy (non-hydrogen) atoms. The SMILES string of the molecule is c1cc2c(c(Nc3ncnc4ccccc34)c1)CCNC2. The lowest BCUT2D eigenvalue weighted by molar-refractivity contribution is 0.645. The number of rotatable bonds is 2. The van der Waals surface area contributed by atoms with Crippen molar-refractivity contribution >= 4 is 22.4 Å². The van der Waals surface area contributed by atoms with Crippen LogP contribution in [0, 0.1) is 0 Å². The molecule has 0 fully saturated rings. The van der Waals surface area contributed by atoms with Crippen LogP contribution in [0.2, 0.25) is 0 Å². The van der Waals surface area contributed by atoms with Gasteiger partial charge in [0.25, 0.3) is 0 Å². The summed E-state index contributed by atoms with van der Waals surface area (Å²) in [5.74, 6) is 0.868. The molecule has 4 nitrogen and oxygen atoms in total. The molecular weight excluding hydrogens is 260 g/mol. The van der Waals surface area contributed by atoms with Crippen molar-refractivity contribution in [1.29, 1.82) is 0 Å². The lowest BCUT2D eigenvalue weighted by Gasteiger charge is -2.21. The first-order valence-electron chi connectivity index (χ1n) is 7.20. The van der Waals surface area contributed by atoms with E-state index in [4.69, 9.17) is 0 Å². The summed E-state index contributed by atoms with van der Waals surface area (Å²) in [5, 5.41) is 7.95. The molecule has 1 aliphatic rings. The fraction of sp³-hybridized carbons (Fsp3) is 0.176. The molecule has 2 N–H and O–H groups in total. The standard InChI is InChI=1S/C17H16N4/c1-2-6-15-14(5-1)17(20-11-19-15)21-16-7-3-4-12-10-18-9-8-13(12)16/h1-7,11,18H,8-10H2,(H,19,20,21). The summed E-state index contributed by atoms with van der Waals surface area (Å²) >= 11 is 0. The van der Waals surface area contributed by atoms with Gasteiger partial charge in [0.2, 0.25) is 0 Å². The number of fused-ring (bicyclic) bond motifs is 2. The third kappa shape index (κ3) is 2.23. The quantitative estimate of drug-likeness (QED) is 0.755. The van der Waals surface area contributed by atoms with E-state index in [1.165, 1.54) is 11.1 Å². The summed E-state index contributed by atoms with van der Waals surface area (Å²) in [7, 11) is 0. The number of nitrogens with zero attached hydrogens (tertiary/aromatic N) is 2. The molecule has 0 unspecified atom stereocenters. The maximum atomic E-state index is 4.41. The van der Waals surface area contributed by atoms with E-state index in [0.29, 0.717) is 0 Å². The lowest BCUT2D eigenvalue weighted by atomic mass is 9.99. The number of aromatic nitrogens is 2. The first kappa shape index (κ1) is 12.3. The van der Waals surface area contributed by atoms with Crippen molar-refractivity contribution in [3.63, 3.8) is 0 Å². The second-order valence-corrected chi connectivity index (χ2v) is 5.23. The van der Waals surface area contributed by atoms with Crippen molar-refractivity contribution in [2.45, 2.75) is 13.0 Å². The van der Waals surface area contributed by atoms with E-state index < -0.39 is 0 Å². The van der Waals surface area contributed by atoms with Gasteiger partial charge in [-0.3, -0.25) is 0 Å². The zero-order valence-corrected chi connectivity index (χ0v) is 11.6. The molecule has 0 radical (unpaired) electrons. The van der Waals surface area contributed by atoms with E-state index in [-0.39, 0.29) is 0 Å². The van der Waals surface area contributed by atoms with Crippen LogP contribution in [0.5, 0.6) is 0 Å². The zero-order chi connectivity index (χ0) is 14.1. The molecule has 4 rings (SSSR count). The Hall–Kier alpha value is -2.46. The molecule has 1 aromatic heterocycles. The molecule has 2 heterocycles. The van der Waals surface area contributed by atoms with Crippen LogP contribution >= 0.6 is 0 Å². The Kier molecular flexibility index (Phi) is 3.01. The minimum absolute atomic E-state index is 0.868. The van der Waals surface area contributed by atoms with Crippen LogP contribution in [0.25, 0.3) is 10.9 Å². The minimum Gasteiger partial charge on any atom is -0.339 e. The molecule has 0 aliphatic carbocycles. The van der Waals surface area contributed by atoms with Gasteiger partial charge in [0.05, 0.1) is 5.52 Å². The van der Waals surface area contributed by atoms with E-state index in [9.17, 15) is 0 Å². The zero-order valence-electron chi connectivity index (χ0n) is 11.6. The van der Waals surface area contributed by atoms with Crippen molar-refractivity contribution < 1.29 is 0 Å². The summed E-state index contributed by atoms with van der Waals surface area (Å²) in [5.41, 5.74) is 4.86. The summed E-state index contributed by atoms with van der Waals surface area (Å²) < 4.78 is 0. The fourth-order valence-electron chi connectivity index (χ4n) is 2.88. The summed E-state index contributed by atoms with van der Waals surface area (Å²) in [6.45, 7) is 1.96. The number of hydrogen-bond donors (Lipinski definition) is 2. The van der Waals surface area contributed by atoms with Crippen LogP contribution in [0.3, 0.4) is 0 Å². The number of hydrogen-bond acceptors (Lipinski definition) is 4. The van der Waals surface area contributed by atoms with E-state index >= 15 is 0 Å². The average molecular weight is 276 g/mol. The van der Waals surface area contributed by atoms with Gasteiger partial charge in [0.15, 0.2) is 0 Å². The van der Waals surface area contributed by atoms with Gasteiger partial charge in [-0.05, 0) is 42.3 Å². The Morgan fingerprint density at radius 1 is 1.00 bits per heavy atom. The Morgan fingerprint density at radius 2 is 1.95 bits per heavy atom. The van der Waals surface area contributed by atoms with Gasteiger partial charge in [-0.25, -0.2) is 9.97 Å². The van der Waals surface area contributed by atoms with Gasteiger partial charge in [0.1, 0.15) is 12.1 Å². The molecule has 0 atom stereocenters. The van der Waals surface area contributed by atoms with Crippen molar-refractivity contribution in [1.82, 2.24) is 15.3 Å². The third-order valence-corrected chi connectivity index (χ3v) is 3.94. The van der Waals surface area contributed by atoms with Gasteiger partial charge < -0.3 is 10.6 Å². The molecule has 0 bridgehead atoms. The van der Waals surface area contributed by atoms with E-state index in [0.717, 1.165) is 41.9 Å². The van der Waals surface area contributed by atoms with E-state index in [1.54, 1.807) is 6.33 Å². The fourth-order valence-corrected chi connectivity index (χ4v) is 2.88. The Morgan fingerprint density at radius 3 is 2.95 bits per heavy atom. The number of para-hydroxylation sites is 1. The number of nitrogens with one attached hydrogen (secondary N) is 2. The highest BCUT2D eigenvalue weighted by Gasteiger charge is 2.13. The first-order valence-corrected chi connectivity index (χ1v) is 7.20. The number of anilines is 2. The van der Waals surface area contributed by atoms with E-state index in [2.05, 4.69) is 44.9 Å². The Bertz CT molecular complexity index is 792. The van der Waals surface area contributed by atoms with Crippen LogP contribution in [0.4, 0.5) is 11.5 Å².